The van der Waals surface area contributed by atoms with Gasteiger partial charge in [0.05, 0.1) is 23.7 Å². The van der Waals surface area contributed by atoms with Crippen molar-refractivity contribution < 1.29 is 14.8 Å². The molecule has 0 amide bonds. The Morgan fingerprint density at radius 2 is 2.06 bits per heavy atom. The Balaban J connectivity index is 2.84. The van der Waals surface area contributed by atoms with Crippen LogP contribution in [0.15, 0.2) is 12.1 Å². The fourth-order valence-corrected chi connectivity index (χ4v) is 1.51. The first kappa shape index (κ1) is 13.4. The number of nitro benzene ring substituents is 1. The molecule has 0 saturated heterocycles. The van der Waals surface area contributed by atoms with Crippen LogP contribution in [0.1, 0.15) is 24.5 Å². The molecule has 0 aliphatic carbocycles. The van der Waals surface area contributed by atoms with Gasteiger partial charge in [0.1, 0.15) is 5.75 Å². The molecule has 1 unspecified atom stereocenters. The van der Waals surface area contributed by atoms with E-state index in [1.165, 1.54) is 6.07 Å². The lowest BCUT2D eigenvalue weighted by molar-refractivity contribution is -0.385. The minimum atomic E-state index is -0.434. The van der Waals surface area contributed by atoms with Crippen LogP contribution in [0.4, 0.5) is 5.69 Å². The predicted octanol–water partition coefficient (Wildman–Crippen LogP) is 2.36. The summed E-state index contributed by atoms with van der Waals surface area (Å²) in [6, 6.07) is 3.17. The Bertz CT molecular complexity index is 415. The van der Waals surface area contributed by atoms with Crippen molar-refractivity contribution in [2.45, 2.75) is 33.3 Å². The lowest BCUT2D eigenvalue weighted by Gasteiger charge is -2.11. The van der Waals surface area contributed by atoms with E-state index in [1.807, 2.05) is 6.92 Å². The second-order valence-corrected chi connectivity index (χ2v) is 4.15. The van der Waals surface area contributed by atoms with E-state index in [0.29, 0.717) is 24.3 Å². The third-order valence-electron chi connectivity index (χ3n) is 2.48. The van der Waals surface area contributed by atoms with E-state index in [1.54, 1.807) is 19.9 Å². The van der Waals surface area contributed by atoms with Gasteiger partial charge in [0, 0.05) is 12.0 Å². The Hall–Kier alpha value is -1.62. The average molecular weight is 239 g/mol. The van der Waals surface area contributed by atoms with Gasteiger partial charge >= 0.3 is 0 Å². The van der Waals surface area contributed by atoms with E-state index in [4.69, 9.17) is 9.84 Å². The van der Waals surface area contributed by atoms with Gasteiger partial charge in [-0.15, -0.1) is 0 Å². The van der Waals surface area contributed by atoms with Crippen molar-refractivity contribution in [1.29, 1.82) is 0 Å². The van der Waals surface area contributed by atoms with Gasteiger partial charge in [0.2, 0.25) is 0 Å². The van der Waals surface area contributed by atoms with Crippen LogP contribution in [0.25, 0.3) is 0 Å². The van der Waals surface area contributed by atoms with Crippen molar-refractivity contribution >= 4 is 5.69 Å². The molecule has 1 aromatic rings. The summed E-state index contributed by atoms with van der Waals surface area (Å²) in [6.45, 7) is 5.56. The first-order valence-corrected chi connectivity index (χ1v) is 5.48. The van der Waals surface area contributed by atoms with Crippen LogP contribution in [-0.2, 0) is 0 Å². The molecule has 17 heavy (non-hydrogen) atoms. The number of aliphatic hydroxyl groups excluding tert-OH is 1. The number of aryl methyl sites for hydroxylation is 2. The van der Waals surface area contributed by atoms with E-state index in [0.717, 1.165) is 5.56 Å². The van der Waals surface area contributed by atoms with Crippen molar-refractivity contribution in [3.05, 3.63) is 33.4 Å². The van der Waals surface area contributed by atoms with Crippen LogP contribution in [-0.4, -0.2) is 22.7 Å². The Morgan fingerprint density at radius 3 is 2.59 bits per heavy atom. The molecule has 94 valence electrons. The summed E-state index contributed by atoms with van der Waals surface area (Å²) in [7, 11) is 0. The van der Waals surface area contributed by atoms with Crippen LogP contribution >= 0.6 is 0 Å². The number of rotatable bonds is 5. The second-order valence-electron chi connectivity index (χ2n) is 4.15. The zero-order valence-corrected chi connectivity index (χ0v) is 10.3. The van der Waals surface area contributed by atoms with Crippen LogP contribution in [0.2, 0.25) is 0 Å². The standard InChI is InChI=1S/C12H17NO4/c1-8-6-9(2)12(7-11(8)13(15)16)17-5-4-10(3)14/h6-7,10,14H,4-5H2,1-3H3. The molecule has 0 saturated carbocycles. The zero-order chi connectivity index (χ0) is 13.0. The Labute approximate surface area is 100 Å². The van der Waals surface area contributed by atoms with Crippen molar-refractivity contribution in [1.82, 2.24) is 0 Å². The van der Waals surface area contributed by atoms with Gasteiger partial charge < -0.3 is 9.84 Å². The number of ether oxygens (including phenoxy) is 1. The molecule has 5 heteroatoms. The molecule has 1 atom stereocenters. The van der Waals surface area contributed by atoms with Crippen LogP contribution in [0, 0.1) is 24.0 Å². The number of benzene rings is 1. The topological polar surface area (TPSA) is 72.6 Å². The maximum Gasteiger partial charge on any atom is 0.276 e. The fourth-order valence-electron chi connectivity index (χ4n) is 1.51. The molecule has 1 rings (SSSR count). The largest absolute Gasteiger partial charge is 0.493 e. The number of nitrogens with zero attached hydrogens (tertiary/aromatic N) is 1. The minimum Gasteiger partial charge on any atom is -0.493 e. The molecular formula is C12H17NO4. The number of hydrogen-bond donors (Lipinski definition) is 1. The predicted molar refractivity (Wildman–Crippen MR) is 64.4 cm³/mol. The lowest BCUT2D eigenvalue weighted by Crippen LogP contribution is -2.08. The SMILES string of the molecule is Cc1cc(C)c([N+](=O)[O-])cc1OCCC(C)O. The van der Waals surface area contributed by atoms with Gasteiger partial charge in [0.15, 0.2) is 0 Å². The maximum atomic E-state index is 10.8. The van der Waals surface area contributed by atoms with Gasteiger partial charge in [0.25, 0.3) is 5.69 Å². The monoisotopic (exact) mass is 239 g/mol. The van der Waals surface area contributed by atoms with Gasteiger partial charge in [-0.25, -0.2) is 0 Å². The van der Waals surface area contributed by atoms with E-state index >= 15 is 0 Å². The highest BCUT2D eigenvalue weighted by molar-refractivity contribution is 5.49. The first-order valence-electron chi connectivity index (χ1n) is 5.48. The molecule has 0 fully saturated rings. The summed E-state index contributed by atoms with van der Waals surface area (Å²) in [5.41, 5.74) is 1.54. The molecular weight excluding hydrogens is 222 g/mol. The summed E-state index contributed by atoms with van der Waals surface area (Å²) in [6.07, 6.45) is 0.0666. The Morgan fingerprint density at radius 1 is 1.41 bits per heavy atom. The van der Waals surface area contributed by atoms with Crippen molar-refractivity contribution in [2.24, 2.45) is 0 Å². The highest BCUT2D eigenvalue weighted by Crippen LogP contribution is 2.28. The summed E-state index contributed by atoms with van der Waals surface area (Å²) < 4.78 is 5.43. The van der Waals surface area contributed by atoms with Crippen LogP contribution < -0.4 is 4.74 Å². The summed E-state index contributed by atoms with van der Waals surface area (Å²) in [5, 5.41) is 19.9. The summed E-state index contributed by atoms with van der Waals surface area (Å²) >= 11 is 0. The maximum absolute atomic E-state index is 10.8. The Kier molecular flexibility index (Phi) is 4.45. The van der Waals surface area contributed by atoms with Crippen LogP contribution in [0.5, 0.6) is 5.75 Å². The van der Waals surface area contributed by atoms with Gasteiger partial charge in [-0.3, -0.25) is 10.1 Å². The number of hydrogen-bond acceptors (Lipinski definition) is 4. The number of aliphatic hydroxyl groups is 1. The number of nitro groups is 1. The highest BCUT2D eigenvalue weighted by atomic mass is 16.6. The first-order chi connectivity index (χ1) is 7.91. The molecule has 0 bridgehead atoms. The van der Waals surface area contributed by atoms with E-state index in [2.05, 4.69) is 0 Å². The molecule has 5 nitrogen and oxygen atoms in total. The van der Waals surface area contributed by atoms with E-state index in [9.17, 15) is 10.1 Å². The molecule has 1 N–H and O–H groups in total. The minimum absolute atomic E-state index is 0.0580. The summed E-state index contributed by atoms with van der Waals surface area (Å²) in [4.78, 5) is 10.4. The third kappa shape index (κ3) is 3.71. The molecule has 0 spiro atoms. The second kappa shape index (κ2) is 5.63. The van der Waals surface area contributed by atoms with E-state index < -0.39 is 11.0 Å². The normalized spacial score (nSPS) is 12.2. The molecule has 0 aliphatic rings. The van der Waals surface area contributed by atoms with Crippen molar-refractivity contribution in [3.8, 4) is 5.75 Å². The molecule has 0 radical (unpaired) electrons. The summed E-state index contributed by atoms with van der Waals surface area (Å²) in [5.74, 6) is 0.503. The zero-order valence-electron chi connectivity index (χ0n) is 10.3. The van der Waals surface area contributed by atoms with Gasteiger partial charge in [-0.2, -0.15) is 0 Å². The van der Waals surface area contributed by atoms with Crippen molar-refractivity contribution in [2.75, 3.05) is 6.61 Å². The van der Waals surface area contributed by atoms with E-state index in [-0.39, 0.29) is 5.69 Å². The van der Waals surface area contributed by atoms with Crippen molar-refractivity contribution in [3.63, 3.8) is 0 Å². The molecule has 0 aliphatic heterocycles. The van der Waals surface area contributed by atoms with Gasteiger partial charge in [-0.1, -0.05) is 0 Å². The average Bonchev–Trinajstić information content (AvgIpc) is 2.20. The molecule has 0 heterocycles. The van der Waals surface area contributed by atoms with Gasteiger partial charge in [-0.05, 0) is 32.4 Å². The third-order valence-corrected chi connectivity index (χ3v) is 2.48. The fraction of sp³-hybridized carbons (Fsp3) is 0.500. The molecule has 1 aromatic carbocycles. The quantitative estimate of drug-likeness (QED) is 0.632. The van der Waals surface area contributed by atoms with Crippen LogP contribution in [0.3, 0.4) is 0 Å². The lowest BCUT2D eigenvalue weighted by atomic mass is 10.1. The molecule has 0 aromatic heterocycles. The smallest absolute Gasteiger partial charge is 0.276 e. The highest BCUT2D eigenvalue weighted by Gasteiger charge is 2.14.